The van der Waals surface area contributed by atoms with Gasteiger partial charge in [-0.25, -0.2) is 4.90 Å². The molecule has 0 bridgehead atoms. The number of nitrogens with one attached hydrogen (secondary N) is 1. The van der Waals surface area contributed by atoms with Crippen LogP contribution in [0, 0.1) is 13.8 Å². The van der Waals surface area contributed by atoms with E-state index in [-0.39, 0.29) is 17.5 Å². The average Bonchev–Trinajstić information content (AvgIpc) is 3.01. The first kappa shape index (κ1) is 19.5. The molecule has 1 aliphatic rings. The highest BCUT2D eigenvalue weighted by molar-refractivity contribution is 6.46. The number of ether oxygens (including phenoxy) is 1. The Labute approximate surface area is 175 Å². The predicted octanol–water partition coefficient (Wildman–Crippen LogP) is 4.71. The van der Waals surface area contributed by atoms with Crippen molar-refractivity contribution in [3.05, 3.63) is 95.2 Å². The minimum absolute atomic E-state index is 0.274. The Balaban J connectivity index is 1.81. The van der Waals surface area contributed by atoms with Crippen LogP contribution < -0.4 is 15.0 Å². The molecule has 0 atom stereocenters. The monoisotopic (exact) mass is 398 g/mol. The fraction of sp³-hybridized carbons (Fsp3) is 0.120. The first-order valence-electron chi connectivity index (χ1n) is 9.67. The molecule has 3 aromatic rings. The Hall–Kier alpha value is -3.86. The lowest BCUT2D eigenvalue weighted by molar-refractivity contribution is -0.120. The fourth-order valence-corrected chi connectivity index (χ4v) is 3.51. The molecule has 0 spiro atoms. The second kappa shape index (κ2) is 7.87. The van der Waals surface area contributed by atoms with Gasteiger partial charge in [0.2, 0.25) is 0 Å². The Morgan fingerprint density at radius 1 is 0.800 bits per heavy atom. The van der Waals surface area contributed by atoms with E-state index >= 15 is 0 Å². The van der Waals surface area contributed by atoms with Gasteiger partial charge in [-0.3, -0.25) is 9.59 Å². The Morgan fingerprint density at radius 3 is 2.17 bits per heavy atom. The molecule has 1 aliphatic heterocycles. The first-order valence-corrected chi connectivity index (χ1v) is 9.67. The van der Waals surface area contributed by atoms with Crippen molar-refractivity contribution in [1.29, 1.82) is 0 Å². The zero-order chi connectivity index (χ0) is 21.3. The number of nitrogens with zero attached hydrogens (tertiary/aromatic N) is 1. The van der Waals surface area contributed by atoms with Gasteiger partial charge in [0.1, 0.15) is 11.4 Å². The number of carbonyl (C=O) groups is 2. The number of methoxy groups -OCH3 is 1. The average molecular weight is 398 g/mol. The molecule has 2 amide bonds. The number of rotatable bonds is 5. The number of amides is 2. The van der Waals surface area contributed by atoms with Crippen molar-refractivity contribution in [2.24, 2.45) is 0 Å². The molecule has 4 rings (SSSR count). The Bertz CT molecular complexity index is 1150. The molecule has 5 nitrogen and oxygen atoms in total. The summed E-state index contributed by atoms with van der Waals surface area (Å²) in [6.45, 7) is 4.00. The first-order chi connectivity index (χ1) is 14.5. The number of carbonyl (C=O) groups excluding carboxylic acids is 2. The van der Waals surface area contributed by atoms with E-state index < -0.39 is 0 Å². The lowest BCUT2D eigenvalue weighted by Gasteiger charge is -2.16. The van der Waals surface area contributed by atoms with Crippen LogP contribution in [0.3, 0.4) is 0 Å². The topological polar surface area (TPSA) is 58.6 Å². The molecule has 0 aliphatic carbocycles. The van der Waals surface area contributed by atoms with E-state index in [4.69, 9.17) is 4.74 Å². The lowest BCUT2D eigenvalue weighted by Crippen LogP contribution is -2.32. The highest BCUT2D eigenvalue weighted by atomic mass is 16.5. The second-order valence-corrected chi connectivity index (χ2v) is 7.13. The summed E-state index contributed by atoms with van der Waals surface area (Å²) in [6, 6.07) is 22.0. The second-order valence-electron chi connectivity index (χ2n) is 7.13. The van der Waals surface area contributed by atoms with Crippen LogP contribution in [0.4, 0.5) is 11.4 Å². The predicted molar refractivity (Wildman–Crippen MR) is 118 cm³/mol. The molecule has 150 valence electrons. The summed E-state index contributed by atoms with van der Waals surface area (Å²) in [5.41, 5.74) is 4.76. The maximum atomic E-state index is 13.4. The van der Waals surface area contributed by atoms with E-state index in [1.54, 1.807) is 31.4 Å². The van der Waals surface area contributed by atoms with Gasteiger partial charge in [0.15, 0.2) is 0 Å². The van der Waals surface area contributed by atoms with E-state index in [1.807, 2.05) is 62.4 Å². The summed E-state index contributed by atoms with van der Waals surface area (Å²) in [5, 5.41) is 3.24. The summed E-state index contributed by atoms with van der Waals surface area (Å²) in [4.78, 5) is 28.0. The number of imide groups is 1. The zero-order valence-electron chi connectivity index (χ0n) is 17.1. The van der Waals surface area contributed by atoms with E-state index in [0.717, 1.165) is 16.8 Å². The molecular formula is C25H22N2O3. The Morgan fingerprint density at radius 2 is 1.50 bits per heavy atom. The zero-order valence-corrected chi connectivity index (χ0v) is 17.1. The SMILES string of the molecule is COc1ccc(N2C(=O)C(Nc3cccc(C)c3C)=C(c3ccccc3)C2=O)cc1. The molecular weight excluding hydrogens is 376 g/mol. The summed E-state index contributed by atoms with van der Waals surface area (Å²) in [7, 11) is 1.57. The summed E-state index contributed by atoms with van der Waals surface area (Å²) < 4.78 is 5.19. The normalized spacial score (nSPS) is 13.8. The van der Waals surface area contributed by atoms with Crippen LogP contribution in [0.1, 0.15) is 16.7 Å². The number of aryl methyl sites for hydroxylation is 1. The van der Waals surface area contributed by atoms with Gasteiger partial charge >= 0.3 is 0 Å². The standard InChI is InChI=1S/C25H22N2O3/c1-16-8-7-11-21(17(16)2)26-23-22(18-9-5-4-6-10-18)24(28)27(25(23)29)19-12-14-20(30-3)15-13-19/h4-15,26H,1-3H3. The summed E-state index contributed by atoms with van der Waals surface area (Å²) in [5.74, 6) is -0.0862. The third-order valence-corrected chi connectivity index (χ3v) is 5.34. The Kier molecular flexibility index (Phi) is 5.11. The van der Waals surface area contributed by atoms with Crippen LogP contribution >= 0.6 is 0 Å². The van der Waals surface area contributed by atoms with E-state index in [2.05, 4.69) is 5.32 Å². The van der Waals surface area contributed by atoms with Crippen LogP contribution in [0.5, 0.6) is 5.75 Å². The molecule has 0 saturated heterocycles. The maximum absolute atomic E-state index is 13.4. The van der Waals surface area contributed by atoms with Gasteiger partial charge in [0.05, 0.1) is 18.4 Å². The van der Waals surface area contributed by atoms with Crippen LogP contribution in [0.2, 0.25) is 0 Å². The molecule has 0 aromatic heterocycles. The molecule has 1 N–H and O–H groups in total. The molecule has 0 radical (unpaired) electrons. The van der Waals surface area contributed by atoms with Gasteiger partial charge in [-0.15, -0.1) is 0 Å². The van der Waals surface area contributed by atoms with Crippen molar-refractivity contribution in [2.75, 3.05) is 17.3 Å². The minimum atomic E-state index is -0.384. The van der Waals surface area contributed by atoms with Gasteiger partial charge in [-0.05, 0) is 60.9 Å². The van der Waals surface area contributed by atoms with Crippen LogP contribution in [-0.4, -0.2) is 18.9 Å². The molecule has 3 aromatic carbocycles. The summed E-state index contributed by atoms with van der Waals surface area (Å²) >= 11 is 0. The molecule has 0 saturated carbocycles. The van der Waals surface area contributed by atoms with Gasteiger partial charge in [0, 0.05) is 5.69 Å². The van der Waals surface area contributed by atoms with Crippen LogP contribution in [-0.2, 0) is 9.59 Å². The van der Waals surface area contributed by atoms with Crippen molar-refractivity contribution in [1.82, 2.24) is 0 Å². The van der Waals surface area contributed by atoms with Gasteiger partial charge in [0.25, 0.3) is 11.8 Å². The van der Waals surface area contributed by atoms with Gasteiger partial charge < -0.3 is 10.1 Å². The van der Waals surface area contributed by atoms with Gasteiger partial charge in [-0.2, -0.15) is 0 Å². The van der Waals surface area contributed by atoms with Crippen molar-refractivity contribution in [3.63, 3.8) is 0 Å². The molecule has 1 heterocycles. The van der Waals surface area contributed by atoms with Crippen LogP contribution in [0.15, 0.2) is 78.5 Å². The smallest absolute Gasteiger partial charge is 0.282 e. The van der Waals surface area contributed by atoms with Crippen molar-refractivity contribution in [3.8, 4) is 5.75 Å². The molecule has 0 unspecified atom stereocenters. The highest BCUT2D eigenvalue weighted by Crippen LogP contribution is 2.35. The highest BCUT2D eigenvalue weighted by Gasteiger charge is 2.40. The minimum Gasteiger partial charge on any atom is -0.497 e. The fourth-order valence-electron chi connectivity index (χ4n) is 3.51. The van der Waals surface area contributed by atoms with Crippen LogP contribution in [0.25, 0.3) is 5.57 Å². The third kappa shape index (κ3) is 3.35. The van der Waals surface area contributed by atoms with E-state index in [0.29, 0.717) is 22.6 Å². The third-order valence-electron chi connectivity index (χ3n) is 5.34. The number of hydrogen-bond donors (Lipinski definition) is 1. The summed E-state index contributed by atoms with van der Waals surface area (Å²) in [6.07, 6.45) is 0. The van der Waals surface area contributed by atoms with E-state index in [9.17, 15) is 9.59 Å². The lowest BCUT2D eigenvalue weighted by atomic mass is 10.0. The largest absolute Gasteiger partial charge is 0.497 e. The number of benzene rings is 3. The maximum Gasteiger partial charge on any atom is 0.282 e. The molecule has 0 fully saturated rings. The van der Waals surface area contributed by atoms with Gasteiger partial charge in [-0.1, -0.05) is 42.5 Å². The van der Waals surface area contributed by atoms with Crippen molar-refractivity contribution in [2.45, 2.75) is 13.8 Å². The molecule has 5 heteroatoms. The molecule has 30 heavy (non-hydrogen) atoms. The van der Waals surface area contributed by atoms with Crippen molar-refractivity contribution >= 4 is 28.8 Å². The van der Waals surface area contributed by atoms with Crippen molar-refractivity contribution < 1.29 is 14.3 Å². The number of hydrogen-bond acceptors (Lipinski definition) is 4. The van der Waals surface area contributed by atoms with E-state index in [1.165, 1.54) is 4.90 Å². The quantitative estimate of drug-likeness (QED) is 0.633. The number of anilines is 2.